The summed E-state index contributed by atoms with van der Waals surface area (Å²) in [7, 11) is 0. The zero-order chi connectivity index (χ0) is 23.7. The Balaban J connectivity index is 2.03. The molecule has 0 aliphatic heterocycles. The maximum Gasteiger partial charge on any atom is 0.121 e. The Labute approximate surface area is 196 Å². The summed E-state index contributed by atoms with van der Waals surface area (Å²) in [5, 5.41) is 21.2. The molecule has 0 spiro atoms. The molecule has 0 saturated heterocycles. The molecule has 5 rings (SSSR count). The minimum absolute atomic E-state index is 0.346. The molecule has 4 aromatic carbocycles. The van der Waals surface area contributed by atoms with Crippen LogP contribution < -0.4 is 0 Å². The highest BCUT2D eigenvalue weighted by Crippen LogP contribution is 2.57. The van der Waals surface area contributed by atoms with Gasteiger partial charge in [0.05, 0.1) is 5.41 Å². The van der Waals surface area contributed by atoms with Crippen LogP contribution in [0.5, 0.6) is 11.5 Å². The van der Waals surface area contributed by atoms with Gasteiger partial charge >= 0.3 is 0 Å². The largest absolute Gasteiger partial charge is 0.507 e. The lowest BCUT2D eigenvalue weighted by Gasteiger charge is -2.35. The first-order valence-electron chi connectivity index (χ1n) is 11.5. The molecule has 1 aliphatic rings. The second-order valence-corrected chi connectivity index (χ2v) is 9.77. The highest BCUT2D eigenvalue weighted by atomic mass is 16.3. The molecular formula is C31H30O2. The molecule has 0 bridgehead atoms. The van der Waals surface area contributed by atoms with Crippen LogP contribution in [0.25, 0.3) is 11.1 Å². The standard InChI is InChI=1S/C31H30O2/c1-17-7-9-25-26-10-8-18(2)12-28(26)31(27(25)11-17,23-13-19(3)29(32)20(4)14-23)24-15-21(5)30(33)22(6)16-24/h7-16,32-33H,1-6H3. The molecule has 0 unspecified atom stereocenters. The van der Waals surface area contributed by atoms with Crippen LogP contribution in [0.3, 0.4) is 0 Å². The van der Waals surface area contributed by atoms with E-state index in [0.717, 1.165) is 33.4 Å². The van der Waals surface area contributed by atoms with Crippen molar-refractivity contribution in [3.63, 3.8) is 0 Å². The van der Waals surface area contributed by atoms with E-state index in [4.69, 9.17) is 0 Å². The van der Waals surface area contributed by atoms with Gasteiger partial charge in [0.2, 0.25) is 0 Å². The van der Waals surface area contributed by atoms with Crippen molar-refractivity contribution in [1.82, 2.24) is 0 Å². The van der Waals surface area contributed by atoms with Gasteiger partial charge in [0.25, 0.3) is 0 Å². The SMILES string of the molecule is Cc1ccc2c(c1)C(c1cc(C)c(O)c(C)c1)(c1cc(C)c(O)c(C)c1)c1cc(C)ccc1-2. The van der Waals surface area contributed by atoms with Gasteiger partial charge in [-0.2, -0.15) is 0 Å². The van der Waals surface area contributed by atoms with Gasteiger partial charge in [-0.05, 0) is 97.2 Å². The summed E-state index contributed by atoms with van der Waals surface area (Å²) in [5.41, 5.74) is 12.6. The first kappa shape index (κ1) is 21.3. The molecule has 2 heteroatoms. The van der Waals surface area contributed by atoms with E-state index in [-0.39, 0.29) is 0 Å². The Morgan fingerprint density at radius 1 is 0.485 bits per heavy atom. The summed E-state index contributed by atoms with van der Waals surface area (Å²) in [4.78, 5) is 0. The van der Waals surface area contributed by atoms with Crippen molar-refractivity contribution in [3.05, 3.63) is 116 Å². The van der Waals surface area contributed by atoms with Crippen molar-refractivity contribution >= 4 is 0 Å². The zero-order valence-electron chi connectivity index (χ0n) is 20.2. The maximum absolute atomic E-state index is 10.6. The fourth-order valence-electron chi connectivity index (χ4n) is 5.68. The van der Waals surface area contributed by atoms with Crippen LogP contribution in [0.4, 0.5) is 0 Å². The second kappa shape index (κ2) is 7.25. The first-order valence-corrected chi connectivity index (χ1v) is 11.5. The molecule has 2 N–H and O–H groups in total. The normalized spacial score (nSPS) is 13.6. The third-order valence-corrected chi connectivity index (χ3v) is 7.30. The van der Waals surface area contributed by atoms with E-state index in [1.54, 1.807) is 0 Å². The van der Waals surface area contributed by atoms with Crippen LogP contribution in [0.1, 0.15) is 55.6 Å². The molecule has 0 amide bonds. The first-order chi connectivity index (χ1) is 15.6. The predicted molar refractivity (Wildman–Crippen MR) is 135 cm³/mol. The highest BCUT2D eigenvalue weighted by molar-refractivity contribution is 5.87. The number of fused-ring (bicyclic) bond motifs is 3. The Kier molecular flexibility index (Phi) is 4.68. The molecule has 166 valence electrons. The van der Waals surface area contributed by atoms with Gasteiger partial charge in [0.1, 0.15) is 11.5 Å². The van der Waals surface area contributed by atoms with E-state index >= 15 is 0 Å². The molecule has 0 atom stereocenters. The summed E-state index contributed by atoms with van der Waals surface area (Å²) in [6.45, 7) is 12.2. The Morgan fingerprint density at radius 2 is 0.818 bits per heavy atom. The van der Waals surface area contributed by atoms with Crippen molar-refractivity contribution in [2.24, 2.45) is 0 Å². The van der Waals surface area contributed by atoms with Gasteiger partial charge in [-0.25, -0.2) is 0 Å². The summed E-state index contributed by atoms with van der Waals surface area (Å²) >= 11 is 0. The maximum atomic E-state index is 10.6. The minimum atomic E-state index is -0.546. The predicted octanol–water partition coefficient (Wildman–Crippen LogP) is 7.31. The fourth-order valence-corrected chi connectivity index (χ4v) is 5.68. The van der Waals surface area contributed by atoms with E-state index in [0.29, 0.717) is 11.5 Å². The van der Waals surface area contributed by atoms with Crippen molar-refractivity contribution in [2.45, 2.75) is 47.0 Å². The Hall–Kier alpha value is -3.52. The lowest BCUT2D eigenvalue weighted by molar-refractivity contribution is 0.466. The van der Waals surface area contributed by atoms with E-state index in [2.05, 4.69) is 74.5 Å². The average Bonchev–Trinajstić information content (AvgIpc) is 3.04. The van der Waals surface area contributed by atoms with Crippen LogP contribution in [0, 0.1) is 41.5 Å². The highest BCUT2D eigenvalue weighted by Gasteiger charge is 2.47. The molecule has 0 fully saturated rings. The van der Waals surface area contributed by atoms with Crippen LogP contribution >= 0.6 is 0 Å². The summed E-state index contributed by atoms with van der Waals surface area (Å²) in [6.07, 6.45) is 0. The van der Waals surface area contributed by atoms with E-state index in [1.165, 1.54) is 33.4 Å². The van der Waals surface area contributed by atoms with Gasteiger partial charge in [-0.3, -0.25) is 0 Å². The second-order valence-electron chi connectivity index (χ2n) is 9.77. The smallest absolute Gasteiger partial charge is 0.121 e. The summed E-state index contributed by atoms with van der Waals surface area (Å²) in [6, 6.07) is 22.0. The van der Waals surface area contributed by atoms with Crippen LogP contribution in [-0.2, 0) is 5.41 Å². The molecule has 2 nitrogen and oxygen atoms in total. The number of aryl methyl sites for hydroxylation is 6. The molecule has 0 aromatic heterocycles. The third kappa shape index (κ3) is 2.94. The lowest BCUT2D eigenvalue weighted by atomic mass is 9.66. The van der Waals surface area contributed by atoms with Crippen LogP contribution in [0.15, 0.2) is 60.7 Å². The molecule has 4 aromatic rings. The molecule has 1 aliphatic carbocycles. The Bertz CT molecular complexity index is 1280. The number of phenolic OH excluding ortho intramolecular Hbond substituents is 2. The van der Waals surface area contributed by atoms with Crippen molar-refractivity contribution < 1.29 is 10.2 Å². The van der Waals surface area contributed by atoms with E-state index in [9.17, 15) is 10.2 Å². The lowest BCUT2D eigenvalue weighted by Crippen LogP contribution is -2.29. The fraction of sp³-hybridized carbons (Fsp3) is 0.226. The summed E-state index contributed by atoms with van der Waals surface area (Å²) in [5.74, 6) is 0.692. The van der Waals surface area contributed by atoms with E-state index < -0.39 is 5.41 Å². The van der Waals surface area contributed by atoms with Gasteiger partial charge in [-0.15, -0.1) is 0 Å². The monoisotopic (exact) mass is 434 g/mol. The molecule has 0 radical (unpaired) electrons. The number of rotatable bonds is 2. The van der Waals surface area contributed by atoms with Crippen molar-refractivity contribution in [2.75, 3.05) is 0 Å². The number of phenols is 2. The minimum Gasteiger partial charge on any atom is -0.507 e. The van der Waals surface area contributed by atoms with Crippen LogP contribution in [-0.4, -0.2) is 10.2 Å². The topological polar surface area (TPSA) is 40.5 Å². The average molecular weight is 435 g/mol. The van der Waals surface area contributed by atoms with Crippen LogP contribution in [0.2, 0.25) is 0 Å². The molecular weight excluding hydrogens is 404 g/mol. The van der Waals surface area contributed by atoms with Gasteiger partial charge in [0, 0.05) is 0 Å². The zero-order valence-corrected chi connectivity index (χ0v) is 20.2. The third-order valence-electron chi connectivity index (χ3n) is 7.30. The molecule has 33 heavy (non-hydrogen) atoms. The number of hydrogen-bond acceptors (Lipinski definition) is 2. The Morgan fingerprint density at radius 3 is 1.15 bits per heavy atom. The quantitative estimate of drug-likeness (QED) is 0.306. The molecule has 0 heterocycles. The van der Waals surface area contributed by atoms with Gasteiger partial charge in [-0.1, -0.05) is 71.8 Å². The summed E-state index contributed by atoms with van der Waals surface area (Å²) < 4.78 is 0. The number of hydrogen-bond donors (Lipinski definition) is 2. The number of aromatic hydroxyl groups is 2. The van der Waals surface area contributed by atoms with E-state index in [1.807, 2.05) is 27.7 Å². The van der Waals surface area contributed by atoms with Gasteiger partial charge in [0.15, 0.2) is 0 Å². The van der Waals surface area contributed by atoms with Crippen molar-refractivity contribution in [1.29, 1.82) is 0 Å². The molecule has 0 saturated carbocycles. The number of benzene rings is 4. The van der Waals surface area contributed by atoms with Gasteiger partial charge < -0.3 is 10.2 Å². The van der Waals surface area contributed by atoms with Crippen molar-refractivity contribution in [3.8, 4) is 22.6 Å².